The predicted octanol–water partition coefficient (Wildman–Crippen LogP) is 5.25. The number of ether oxygens (including phenoxy) is 3. The minimum atomic E-state index is -0.703. The van der Waals surface area contributed by atoms with Crippen LogP contribution >= 0.6 is 0 Å². The summed E-state index contributed by atoms with van der Waals surface area (Å²) < 4.78 is 50.9. The summed E-state index contributed by atoms with van der Waals surface area (Å²) in [4.78, 5) is 20.2. The van der Waals surface area contributed by atoms with Gasteiger partial charge in [-0.2, -0.15) is 0 Å². The van der Waals surface area contributed by atoms with Crippen LogP contribution in [0.1, 0.15) is 40.5 Å². The number of amides is 1. The zero-order chi connectivity index (χ0) is 24.5. The van der Waals surface area contributed by atoms with Crippen LogP contribution in [0.25, 0.3) is 22.6 Å². The number of nitrogens with one attached hydrogen (secondary N) is 1. The van der Waals surface area contributed by atoms with E-state index in [4.69, 9.17) is 18.6 Å². The Kier molecular flexibility index (Phi) is 6.58. The van der Waals surface area contributed by atoms with Gasteiger partial charge in [-0.25, -0.2) is 23.5 Å². The zero-order valence-corrected chi connectivity index (χ0v) is 19.5. The molecule has 10 heteroatoms. The summed E-state index contributed by atoms with van der Waals surface area (Å²) in [6.45, 7) is 7.58. The van der Waals surface area contributed by atoms with E-state index in [9.17, 15) is 13.6 Å². The van der Waals surface area contributed by atoms with Crippen LogP contribution in [0.4, 0.5) is 13.6 Å². The summed E-state index contributed by atoms with van der Waals surface area (Å²) in [5.74, 6) is -0.962. The molecule has 0 aliphatic heterocycles. The molecule has 1 aromatic carbocycles. The van der Waals surface area contributed by atoms with Crippen molar-refractivity contribution in [3.63, 3.8) is 0 Å². The van der Waals surface area contributed by atoms with Gasteiger partial charge in [0.1, 0.15) is 23.5 Å². The molecule has 1 fully saturated rings. The molecule has 8 nitrogen and oxygen atoms in total. The van der Waals surface area contributed by atoms with Gasteiger partial charge >= 0.3 is 6.09 Å². The van der Waals surface area contributed by atoms with E-state index in [0.717, 1.165) is 25.0 Å². The maximum atomic E-state index is 14.6. The average molecular weight is 475 g/mol. The van der Waals surface area contributed by atoms with E-state index >= 15 is 0 Å². The molecule has 1 aliphatic carbocycles. The predicted molar refractivity (Wildman–Crippen MR) is 120 cm³/mol. The number of hydrogen-bond acceptors (Lipinski definition) is 7. The molecule has 0 spiro atoms. The first-order valence-corrected chi connectivity index (χ1v) is 11.1. The molecule has 0 saturated heterocycles. The van der Waals surface area contributed by atoms with Crippen LogP contribution in [0.2, 0.25) is 0 Å². The lowest BCUT2D eigenvalue weighted by atomic mass is 10.2. The summed E-state index contributed by atoms with van der Waals surface area (Å²) in [5.41, 5.74) is -0.0731. The van der Waals surface area contributed by atoms with Crippen molar-refractivity contribution in [2.75, 3.05) is 13.2 Å². The van der Waals surface area contributed by atoms with Crippen LogP contribution in [-0.2, 0) is 4.74 Å². The van der Waals surface area contributed by atoms with Gasteiger partial charge in [0, 0.05) is 12.1 Å². The van der Waals surface area contributed by atoms with Gasteiger partial charge in [0.15, 0.2) is 17.1 Å². The summed E-state index contributed by atoms with van der Waals surface area (Å²) in [6, 6.07) is 3.16. The van der Waals surface area contributed by atoms with E-state index in [1.54, 1.807) is 27.7 Å². The summed E-state index contributed by atoms with van der Waals surface area (Å²) in [6.07, 6.45) is 2.95. The fourth-order valence-corrected chi connectivity index (χ4v) is 3.06. The molecule has 1 amide bonds. The quantitative estimate of drug-likeness (QED) is 0.475. The van der Waals surface area contributed by atoms with Crippen molar-refractivity contribution in [3.05, 3.63) is 36.0 Å². The standard InChI is InChI=1S/C24H27F2N3O5/c1-13(28-23(30)34-24(2,3)4)11-32-21-9-20-18(10-27-21)29-22(33-20)15-7-17(26)19(8-16(15)25)31-12-14-5-6-14/h7-10,13-14H,5-6,11-12H2,1-4H3,(H,28,30)/t13-/m0/s1. The Hall–Kier alpha value is -3.43. The Labute approximate surface area is 195 Å². The van der Waals surface area contributed by atoms with Crippen LogP contribution in [0.15, 0.2) is 28.8 Å². The van der Waals surface area contributed by atoms with Crippen molar-refractivity contribution in [2.24, 2.45) is 5.92 Å². The lowest BCUT2D eigenvalue weighted by Crippen LogP contribution is -2.40. The van der Waals surface area contributed by atoms with Gasteiger partial charge in [-0.05, 0) is 52.5 Å². The number of aromatic nitrogens is 2. The van der Waals surface area contributed by atoms with Crippen molar-refractivity contribution in [3.8, 4) is 23.1 Å². The number of alkyl carbamates (subject to hydrolysis) is 1. The number of hydrogen-bond donors (Lipinski definition) is 1. The van der Waals surface area contributed by atoms with Crippen molar-refractivity contribution < 1.29 is 32.2 Å². The van der Waals surface area contributed by atoms with E-state index in [0.29, 0.717) is 23.6 Å². The number of fused-ring (bicyclic) bond motifs is 1. The number of rotatable bonds is 8. The molecule has 1 aliphatic rings. The molecular weight excluding hydrogens is 448 g/mol. The molecule has 2 heterocycles. The maximum absolute atomic E-state index is 14.6. The first kappa shape index (κ1) is 23.7. The van der Waals surface area contributed by atoms with Gasteiger partial charge in [-0.1, -0.05) is 0 Å². The molecule has 0 unspecified atom stereocenters. The van der Waals surface area contributed by atoms with Crippen LogP contribution in [0.3, 0.4) is 0 Å². The second-order valence-corrected chi connectivity index (χ2v) is 9.38. The highest BCUT2D eigenvalue weighted by Crippen LogP contribution is 2.33. The first-order chi connectivity index (χ1) is 16.1. The van der Waals surface area contributed by atoms with Gasteiger partial charge in [-0.15, -0.1) is 0 Å². The minimum Gasteiger partial charge on any atom is -0.490 e. The van der Waals surface area contributed by atoms with Crippen molar-refractivity contribution in [2.45, 2.75) is 52.2 Å². The Balaban J connectivity index is 1.42. The van der Waals surface area contributed by atoms with Crippen molar-refractivity contribution in [1.29, 1.82) is 0 Å². The SMILES string of the molecule is C[C@@H](COc1cc2oc(-c3cc(F)c(OCC4CC4)cc3F)nc2cn1)NC(=O)OC(C)(C)C. The van der Waals surface area contributed by atoms with E-state index in [1.807, 2.05) is 0 Å². The maximum Gasteiger partial charge on any atom is 0.407 e. The monoisotopic (exact) mass is 475 g/mol. The Bertz CT molecular complexity index is 1190. The largest absolute Gasteiger partial charge is 0.490 e. The minimum absolute atomic E-state index is 0.0842. The third kappa shape index (κ3) is 6.12. The highest BCUT2D eigenvalue weighted by molar-refractivity contribution is 5.76. The van der Waals surface area contributed by atoms with Gasteiger partial charge < -0.3 is 23.9 Å². The molecule has 34 heavy (non-hydrogen) atoms. The number of oxazole rings is 1. The van der Waals surface area contributed by atoms with E-state index < -0.39 is 23.3 Å². The lowest BCUT2D eigenvalue weighted by Gasteiger charge is -2.21. The number of nitrogens with zero attached hydrogens (tertiary/aromatic N) is 2. The van der Waals surface area contributed by atoms with Crippen molar-refractivity contribution in [1.82, 2.24) is 15.3 Å². The van der Waals surface area contributed by atoms with Crippen molar-refractivity contribution >= 4 is 17.2 Å². The lowest BCUT2D eigenvalue weighted by molar-refractivity contribution is 0.0493. The fourth-order valence-electron chi connectivity index (χ4n) is 3.06. The normalized spacial score (nSPS) is 14.6. The highest BCUT2D eigenvalue weighted by Gasteiger charge is 2.24. The zero-order valence-electron chi connectivity index (χ0n) is 19.5. The molecule has 3 aromatic rings. The summed E-state index contributed by atoms with van der Waals surface area (Å²) in [5, 5.41) is 2.67. The number of halogens is 2. The van der Waals surface area contributed by atoms with Gasteiger partial charge in [0.25, 0.3) is 0 Å². The second-order valence-electron chi connectivity index (χ2n) is 9.38. The van der Waals surface area contributed by atoms with Crippen LogP contribution in [0, 0.1) is 17.6 Å². The van der Waals surface area contributed by atoms with E-state index in [2.05, 4.69) is 15.3 Å². The Morgan fingerprint density at radius 3 is 2.68 bits per heavy atom. The highest BCUT2D eigenvalue weighted by atomic mass is 19.1. The Morgan fingerprint density at radius 2 is 1.97 bits per heavy atom. The molecule has 182 valence electrons. The van der Waals surface area contributed by atoms with Gasteiger partial charge in [0.05, 0.1) is 24.4 Å². The summed E-state index contributed by atoms with van der Waals surface area (Å²) in [7, 11) is 0. The first-order valence-electron chi connectivity index (χ1n) is 11.1. The smallest absolute Gasteiger partial charge is 0.407 e. The number of carbonyl (C=O) groups is 1. The molecule has 0 bridgehead atoms. The number of benzene rings is 1. The van der Waals surface area contributed by atoms with E-state index in [-0.39, 0.29) is 35.7 Å². The molecule has 1 saturated carbocycles. The molecule has 1 atom stereocenters. The average Bonchev–Trinajstić information content (AvgIpc) is 3.47. The number of pyridine rings is 1. The molecule has 2 aromatic heterocycles. The second kappa shape index (κ2) is 9.44. The van der Waals surface area contributed by atoms with Crippen LogP contribution in [-0.4, -0.2) is 40.9 Å². The Morgan fingerprint density at radius 1 is 1.21 bits per heavy atom. The molecule has 4 rings (SSSR count). The van der Waals surface area contributed by atoms with Crippen LogP contribution < -0.4 is 14.8 Å². The topological polar surface area (TPSA) is 95.7 Å². The van der Waals surface area contributed by atoms with E-state index in [1.165, 1.54) is 12.3 Å². The fraction of sp³-hybridized carbons (Fsp3) is 0.458. The number of carbonyl (C=O) groups excluding carboxylic acids is 1. The molecular formula is C24H27F2N3O5. The third-order valence-corrected chi connectivity index (χ3v) is 4.92. The van der Waals surface area contributed by atoms with Gasteiger partial charge in [0.2, 0.25) is 11.8 Å². The molecule has 1 N–H and O–H groups in total. The van der Waals surface area contributed by atoms with Crippen LogP contribution in [0.5, 0.6) is 11.6 Å². The third-order valence-electron chi connectivity index (χ3n) is 4.92. The summed E-state index contributed by atoms with van der Waals surface area (Å²) >= 11 is 0. The molecule has 0 radical (unpaired) electrons. The van der Waals surface area contributed by atoms with Gasteiger partial charge in [-0.3, -0.25) is 0 Å².